The van der Waals surface area contributed by atoms with Gasteiger partial charge in [0.05, 0.1) is 6.54 Å². The lowest BCUT2D eigenvalue weighted by Gasteiger charge is -2.21. The Balaban J connectivity index is 1.92. The molecule has 3 nitrogen and oxygen atoms in total. The Kier molecular flexibility index (Phi) is 4.22. The maximum Gasteiger partial charge on any atom is 0.242 e. The highest BCUT2D eigenvalue weighted by molar-refractivity contribution is 9.10. The standard InChI is InChI=1S/C13H16BrFN2O/c1-2-17(10-4-5-10)13(18)8-16-12-6-3-9(15)7-11(12)14/h3,6-7,10,16H,2,4-5,8H2,1H3. The van der Waals surface area contributed by atoms with Gasteiger partial charge in [0.25, 0.3) is 0 Å². The van der Waals surface area contributed by atoms with Crippen LogP contribution in [0.3, 0.4) is 0 Å². The predicted octanol–water partition coefficient (Wildman–Crippen LogP) is 3.01. The summed E-state index contributed by atoms with van der Waals surface area (Å²) < 4.78 is 13.5. The van der Waals surface area contributed by atoms with E-state index in [1.165, 1.54) is 12.1 Å². The number of carbonyl (C=O) groups is 1. The zero-order valence-corrected chi connectivity index (χ0v) is 11.8. The minimum Gasteiger partial charge on any atom is -0.375 e. The highest BCUT2D eigenvalue weighted by atomic mass is 79.9. The third kappa shape index (κ3) is 3.22. The Morgan fingerprint density at radius 1 is 1.56 bits per heavy atom. The van der Waals surface area contributed by atoms with Crippen LogP contribution in [0.5, 0.6) is 0 Å². The van der Waals surface area contributed by atoms with Gasteiger partial charge in [-0.25, -0.2) is 4.39 Å². The van der Waals surface area contributed by atoms with Crippen LogP contribution in [0.25, 0.3) is 0 Å². The second kappa shape index (κ2) is 5.69. The smallest absolute Gasteiger partial charge is 0.242 e. The molecule has 0 saturated heterocycles. The zero-order valence-electron chi connectivity index (χ0n) is 10.2. The molecular weight excluding hydrogens is 299 g/mol. The first-order chi connectivity index (χ1) is 8.61. The van der Waals surface area contributed by atoms with Crippen LogP contribution in [0.4, 0.5) is 10.1 Å². The number of carbonyl (C=O) groups excluding carboxylic acids is 1. The lowest BCUT2D eigenvalue weighted by atomic mass is 10.3. The summed E-state index contributed by atoms with van der Waals surface area (Å²) in [6.45, 7) is 2.98. The van der Waals surface area contributed by atoms with E-state index in [4.69, 9.17) is 0 Å². The molecular formula is C13H16BrFN2O. The van der Waals surface area contributed by atoms with Crippen LogP contribution in [0, 0.1) is 5.82 Å². The maximum atomic E-state index is 12.9. The van der Waals surface area contributed by atoms with E-state index in [2.05, 4.69) is 21.2 Å². The average Bonchev–Trinajstić information content (AvgIpc) is 3.13. The number of anilines is 1. The van der Waals surface area contributed by atoms with Crippen molar-refractivity contribution in [2.24, 2.45) is 0 Å². The van der Waals surface area contributed by atoms with Gasteiger partial charge in [0.2, 0.25) is 5.91 Å². The van der Waals surface area contributed by atoms with Crippen molar-refractivity contribution < 1.29 is 9.18 Å². The molecule has 1 aromatic carbocycles. The molecule has 0 bridgehead atoms. The molecule has 0 aromatic heterocycles. The van der Waals surface area contributed by atoms with Crippen LogP contribution in [0.2, 0.25) is 0 Å². The molecule has 0 unspecified atom stereocenters. The molecule has 98 valence electrons. The van der Waals surface area contributed by atoms with Gasteiger partial charge in [0.1, 0.15) is 5.82 Å². The highest BCUT2D eigenvalue weighted by Gasteiger charge is 2.30. The van der Waals surface area contributed by atoms with Crippen molar-refractivity contribution in [2.75, 3.05) is 18.4 Å². The summed E-state index contributed by atoms with van der Waals surface area (Å²) in [5.74, 6) is -0.205. The average molecular weight is 315 g/mol. The number of likely N-dealkylation sites (N-methyl/N-ethyl adjacent to an activating group) is 1. The Hall–Kier alpha value is -1.10. The number of halogens is 2. The number of nitrogens with zero attached hydrogens (tertiary/aromatic N) is 1. The van der Waals surface area contributed by atoms with Crippen molar-refractivity contribution in [1.29, 1.82) is 0 Å². The molecule has 0 atom stereocenters. The van der Waals surface area contributed by atoms with Crippen LogP contribution in [0.1, 0.15) is 19.8 Å². The molecule has 1 amide bonds. The fraction of sp³-hybridized carbons (Fsp3) is 0.462. The summed E-state index contributed by atoms with van der Waals surface area (Å²) >= 11 is 3.27. The first-order valence-corrected chi connectivity index (χ1v) is 6.89. The van der Waals surface area contributed by atoms with E-state index in [-0.39, 0.29) is 18.3 Å². The largest absolute Gasteiger partial charge is 0.375 e. The molecule has 0 aliphatic heterocycles. The van der Waals surface area contributed by atoms with Gasteiger partial charge >= 0.3 is 0 Å². The monoisotopic (exact) mass is 314 g/mol. The predicted molar refractivity (Wildman–Crippen MR) is 73.0 cm³/mol. The molecule has 1 fully saturated rings. The molecule has 18 heavy (non-hydrogen) atoms. The molecule has 1 aliphatic rings. The van der Waals surface area contributed by atoms with Gasteiger partial charge in [-0.1, -0.05) is 0 Å². The van der Waals surface area contributed by atoms with E-state index in [1.54, 1.807) is 6.07 Å². The fourth-order valence-corrected chi connectivity index (χ4v) is 2.42. The van der Waals surface area contributed by atoms with Gasteiger partial charge in [-0.3, -0.25) is 4.79 Å². The van der Waals surface area contributed by atoms with Gasteiger partial charge in [-0.05, 0) is 53.9 Å². The van der Waals surface area contributed by atoms with Gasteiger partial charge in [0.15, 0.2) is 0 Å². The molecule has 0 heterocycles. The SMILES string of the molecule is CCN(C(=O)CNc1ccc(F)cc1Br)C1CC1. The second-order valence-electron chi connectivity index (χ2n) is 4.39. The number of hydrogen-bond donors (Lipinski definition) is 1. The number of nitrogens with one attached hydrogen (secondary N) is 1. The Labute approximate surface area is 114 Å². The van der Waals surface area contributed by atoms with Gasteiger partial charge in [-0.2, -0.15) is 0 Å². The van der Waals surface area contributed by atoms with E-state index >= 15 is 0 Å². The molecule has 1 saturated carbocycles. The fourth-order valence-electron chi connectivity index (χ4n) is 1.93. The minimum atomic E-state index is -0.299. The lowest BCUT2D eigenvalue weighted by molar-refractivity contribution is -0.129. The van der Waals surface area contributed by atoms with E-state index in [9.17, 15) is 9.18 Å². The molecule has 0 spiro atoms. The van der Waals surface area contributed by atoms with Gasteiger partial charge < -0.3 is 10.2 Å². The Bertz CT molecular complexity index is 449. The quantitative estimate of drug-likeness (QED) is 0.906. The summed E-state index contributed by atoms with van der Waals surface area (Å²) in [5.41, 5.74) is 0.733. The van der Waals surface area contributed by atoms with Crippen LogP contribution in [-0.2, 0) is 4.79 Å². The van der Waals surface area contributed by atoms with Crippen molar-refractivity contribution in [1.82, 2.24) is 4.90 Å². The first-order valence-electron chi connectivity index (χ1n) is 6.10. The first kappa shape index (κ1) is 13.3. The third-order valence-electron chi connectivity index (χ3n) is 3.01. The zero-order chi connectivity index (χ0) is 13.1. The van der Waals surface area contributed by atoms with E-state index in [1.807, 2.05) is 11.8 Å². The number of rotatable bonds is 5. The maximum absolute atomic E-state index is 12.9. The number of hydrogen-bond acceptors (Lipinski definition) is 2. The lowest BCUT2D eigenvalue weighted by Crippen LogP contribution is -2.37. The van der Waals surface area contributed by atoms with Crippen LogP contribution < -0.4 is 5.32 Å². The summed E-state index contributed by atoms with van der Waals surface area (Å²) in [5, 5.41) is 3.03. The molecule has 0 radical (unpaired) electrons. The normalized spacial score (nSPS) is 14.4. The molecule has 5 heteroatoms. The Morgan fingerprint density at radius 2 is 2.28 bits per heavy atom. The summed E-state index contributed by atoms with van der Waals surface area (Å²) in [6, 6.07) is 4.81. The van der Waals surface area contributed by atoms with Crippen LogP contribution in [0.15, 0.2) is 22.7 Å². The molecule has 1 aliphatic carbocycles. The third-order valence-corrected chi connectivity index (χ3v) is 3.67. The highest BCUT2D eigenvalue weighted by Crippen LogP contribution is 2.27. The summed E-state index contributed by atoms with van der Waals surface area (Å²) in [6.07, 6.45) is 2.22. The van der Waals surface area contributed by atoms with Crippen molar-refractivity contribution in [3.8, 4) is 0 Å². The Morgan fingerprint density at radius 3 is 2.83 bits per heavy atom. The van der Waals surface area contributed by atoms with E-state index in [0.717, 1.165) is 25.1 Å². The van der Waals surface area contributed by atoms with Crippen LogP contribution >= 0.6 is 15.9 Å². The van der Waals surface area contributed by atoms with E-state index < -0.39 is 0 Å². The van der Waals surface area contributed by atoms with Gasteiger partial charge in [-0.15, -0.1) is 0 Å². The minimum absolute atomic E-state index is 0.0937. The van der Waals surface area contributed by atoms with Crippen molar-refractivity contribution >= 4 is 27.5 Å². The van der Waals surface area contributed by atoms with Crippen molar-refractivity contribution in [3.05, 3.63) is 28.5 Å². The molecule has 1 aromatic rings. The van der Waals surface area contributed by atoms with Crippen molar-refractivity contribution in [3.63, 3.8) is 0 Å². The molecule has 1 N–H and O–H groups in total. The topological polar surface area (TPSA) is 32.3 Å². The molecule has 2 rings (SSSR count). The van der Waals surface area contributed by atoms with Crippen molar-refractivity contribution in [2.45, 2.75) is 25.8 Å². The van der Waals surface area contributed by atoms with E-state index in [0.29, 0.717) is 10.5 Å². The van der Waals surface area contributed by atoms with Gasteiger partial charge in [0, 0.05) is 22.7 Å². The van der Waals surface area contributed by atoms with Crippen LogP contribution in [-0.4, -0.2) is 29.9 Å². The summed E-state index contributed by atoms with van der Waals surface area (Å²) in [7, 11) is 0. The number of amides is 1. The second-order valence-corrected chi connectivity index (χ2v) is 5.24. The number of benzene rings is 1. The summed E-state index contributed by atoms with van der Waals surface area (Å²) in [4.78, 5) is 13.9.